The molecule has 5 nitrogen and oxygen atoms in total. The van der Waals surface area contributed by atoms with E-state index >= 15 is 0 Å². The average molecular weight is 228 g/mol. The third kappa shape index (κ3) is 3.02. The highest BCUT2D eigenvalue weighted by atomic mass is 32.1. The highest BCUT2D eigenvalue weighted by molar-refractivity contribution is 7.07. The molecule has 0 saturated carbocycles. The number of hydrogen-bond donors (Lipinski definition) is 1. The Bertz CT molecular complexity index is 337. The number of nitrogens with zero attached hydrogens (tertiary/aromatic N) is 1. The Hall–Kier alpha value is -1.43. The van der Waals surface area contributed by atoms with Gasteiger partial charge >= 0.3 is 5.97 Å². The molecule has 1 N–H and O–H groups in total. The van der Waals surface area contributed by atoms with Crippen molar-refractivity contribution in [3.63, 3.8) is 0 Å². The Morgan fingerprint density at radius 1 is 1.67 bits per heavy atom. The molecule has 0 aliphatic rings. The largest absolute Gasteiger partial charge is 0.467 e. The number of rotatable bonds is 4. The van der Waals surface area contributed by atoms with Crippen LogP contribution in [0, 0.1) is 0 Å². The van der Waals surface area contributed by atoms with E-state index in [1.54, 1.807) is 17.8 Å². The number of ether oxygens (including phenoxy) is 1. The van der Waals surface area contributed by atoms with E-state index in [1.165, 1.54) is 18.4 Å². The molecule has 6 heteroatoms. The van der Waals surface area contributed by atoms with Crippen LogP contribution >= 0.6 is 11.3 Å². The van der Waals surface area contributed by atoms with Gasteiger partial charge < -0.3 is 10.1 Å². The summed E-state index contributed by atoms with van der Waals surface area (Å²) in [4.78, 5) is 26.6. The monoisotopic (exact) mass is 228 g/mol. The molecule has 0 aliphatic carbocycles. The minimum Gasteiger partial charge on any atom is -0.467 e. The number of nitrogens with one attached hydrogen (secondary N) is 1. The number of esters is 1. The van der Waals surface area contributed by atoms with Gasteiger partial charge in [-0.1, -0.05) is 6.92 Å². The maximum atomic E-state index is 11.5. The number of methoxy groups -OCH3 is 1. The summed E-state index contributed by atoms with van der Waals surface area (Å²) in [6.45, 7) is 1.79. The van der Waals surface area contributed by atoms with Gasteiger partial charge in [-0.25, -0.2) is 9.78 Å². The molecule has 0 saturated heterocycles. The number of hydrogen-bond acceptors (Lipinski definition) is 5. The van der Waals surface area contributed by atoms with E-state index in [-0.39, 0.29) is 5.91 Å². The molecule has 0 fully saturated rings. The van der Waals surface area contributed by atoms with Gasteiger partial charge in [0.1, 0.15) is 11.7 Å². The molecule has 0 bridgehead atoms. The maximum absolute atomic E-state index is 11.5. The summed E-state index contributed by atoms with van der Waals surface area (Å²) in [7, 11) is 1.29. The summed E-state index contributed by atoms with van der Waals surface area (Å²) in [5.41, 5.74) is 1.89. The van der Waals surface area contributed by atoms with E-state index in [9.17, 15) is 9.59 Å². The van der Waals surface area contributed by atoms with Crippen molar-refractivity contribution in [1.82, 2.24) is 10.3 Å². The van der Waals surface area contributed by atoms with Gasteiger partial charge in [-0.15, -0.1) is 11.3 Å². The Balaban J connectivity index is 2.60. The van der Waals surface area contributed by atoms with Crippen LogP contribution in [0.4, 0.5) is 0 Å². The SMILES string of the molecule is CCC(NC(=O)c1cscn1)C(=O)OC. The van der Waals surface area contributed by atoms with Crippen LogP contribution in [0.25, 0.3) is 0 Å². The minimum atomic E-state index is -0.607. The summed E-state index contributed by atoms with van der Waals surface area (Å²) >= 11 is 1.33. The van der Waals surface area contributed by atoms with Crippen LogP contribution in [0.2, 0.25) is 0 Å². The molecule has 1 aromatic rings. The minimum absolute atomic E-state index is 0.322. The molecule has 1 aromatic heterocycles. The van der Waals surface area contributed by atoms with Crippen molar-refractivity contribution in [2.24, 2.45) is 0 Å². The first-order valence-electron chi connectivity index (χ1n) is 4.46. The molecule has 0 radical (unpaired) electrons. The summed E-state index contributed by atoms with van der Waals surface area (Å²) in [5, 5.41) is 4.17. The first-order chi connectivity index (χ1) is 7.19. The number of carbonyl (C=O) groups is 2. The Morgan fingerprint density at radius 2 is 2.40 bits per heavy atom. The second-order valence-corrected chi connectivity index (χ2v) is 3.55. The molecule has 1 heterocycles. The van der Waals surface area contributed by atoms with E-state index in [4.69, 9.17) is 0 Å². The van der Waals surface area contributed by atoms with Crippen LogP contribution in [0.3, 0.4) is 0 Å². The molecular weight excluding hydrogens is 216 g/mol. The highest BCUT2D eigenvalue weighted by Gasteiger charge is 2.20. The summed E-state index contributed by atoms with van der Waals surface area (Å²) < 4.78 is 4.55. The number of aromatic nitrogens is 1. The van der Waals surface area contributed by atoms with Crippen LogP contribution < -0.4 is 5.32 Å². The summed E-state index contributed by atoms with van der Waals surface area (Å²) in [6, 6.07) is -0.607. The normalized spacial score (nSPS) is 11.9. The lowest BCUT2D eigenvalue weighted by Gasteiger charge is -2.13. The fraction of sp³-hybridized carbons (Fsp3) is 0.444. The Kier molecular flexibility index (Phi) is 4.23. The van der Waals surface area contributed by atoms with Gasteiger partial charge in [0.05, 0.1) is 12.6 Å². The molecular formula is C9H12N2O3S. The van der Waals surface area contributed by atoms with E-state index in [1.807, 2.05) is 0 Å². The number of thiazole rings is 1. The van der Waals surface area contributed by atoms with E-state index in [0.717, 1.165) is 0 Å². The van der Waals surface area contributed by atoms with Crippen molar-refractivity contribution in [3.05, 3.63) is 16.6 Å². The van der Waals surface area contributed by atoms with Crippen LogP contribution in [0.15, 0.2) is 10.9 Å². The first kappa shape index (κ1) is 11.6. The van der Waals surface area contributed by atoms with Crippen molar-refractivity contribution in [3.8, 4) is 0 Å². The van der Waals surface area contributed by atoms with Crippen molar-refractivity contribution >= 4 is 23.2 Å². The zero-order valence-electron chi connectivity index (χ0n) is 8.52. The Labute approximate surface area is 91.5 Å². The summed E-state index contributed by atoms with van der Waals surface area (Å²) in [6.07, 6.45) is 0.489. The lowest BCUT2D eigenvalue weighted by Crippen LogP contribution is -2.41. The second-order valence-electron chi connectivity index (χ2n) is 2.83. The molecule has 82 valence electrons. The Morgan fingerprint density at radius 3 is 2.87 bits per heavy atom. The molecule has 1 unspecified atom stereocenters. The number of amides is 1. The molecule has 0 spiro atoms. The van der Waals surface area contributed by atoms with Gasteiger partial charge in [0, 0.05) is 5.38 Å². The maximum Gasteiger partial charge on any atom is 0.328 e. The fourth-order valence-corrected chi connectivity index (χ4v) is 1.56. The van der Waals surface area contributed by atoms with Crippen LogP contribution in [-0.4, -0.2) is 30.0 Å². The van der Waals surface area contributed by atoms with Crippen molar-refractivity contribution in [2.75, 3.05) is 7.11 Å². The molecule has 1 atom stereocenters. The highest BCUT2D eigenvalue weighted by Crippen LogP contribution is 2.02. The van der Waals surface area contributed by atoms with Crippen molar-refractivity contribution in [1.29, 1.82) is 0 Å². The molecule has 0 aliphatic heterocycles. The molecule has 1 amide bonds. The summed E-state index contributed by atoms with van der Waals surface area (Å²) in [5.74, 6) is -0.797. The van der Waals surface area contributed by atoms with Crippen LogP contribution in [0.1, 0.15) is 23.8 Å². The third-order valence-electron chi connectivity index (χ3n) is 1.86. The van der Waals surface area contributed by atoms with E-state index in [2.05, 4.69) is 15.0 Å². The standard InChI is InChI=1S/C9H12N2O3S/c1-3-6(9(13)14-2)11-8(12)7-4-15-5-10-7/h4-6H,3H2,1-2H3,(H,11,12). The predicted octanol–water partition coefficient (Wildman–Crippen LogP) is 0.825. The van der Waals surface area contributed by atoms with E-state index in [0.29, 0.717) is 12.1 Å². The van der Waals surface area contributed by atoms with Gasteiger partial charge in [-0.05, 0) is 6.42 Å². The zero-order chi connectivity index (χ0) is 11.3. The van der Waals surface area contributed by atoms with Gasteiger partial charge in [0.15, 0.2) is 0 Å². The van der Waals surface area contributed by atoms with Crippen LogP contribution in [0.5, 0.6) is 0 Å². The molecule has 0 aromatic carbocycles. The molecule has 1 rings (SSSR count). The zero-order valence-corrected chi connectivity index (χ0v) is 9.34. The first-order valence-corrected chi connectivity index (χ1v) is 5.40. The lowest BCUT2D eigenvalue weighted by atomic mass is 10.2. The lowest BCUT2D eigenvalue weighted by molar-refractivity contribution is -0.142. The topological polar surface area (TPSA) is 68.3 Å². The average Bonchev–Trinajstić information content (AvgIpc) is 2.77. The molecule has 15 heavy (non-hydrogen) atoms. The van der Waals surface area contributed by atoms with Gasteiger partial charge in [-0.2, -0.15) is 0 Å². The second kappa shape index (κ2) is 5.45. The predicted molar refractivity (Wildman–Crippen MR) is 55.7 cm³/mol. The van der Waals surface area contributed by atoms with Crippen molar-refractivity contribution < 1.29 is 14.3 Å². The third-order valence-corrected chi connectivity index (χ3v) is 2.45. The van der Waals surface area contributed by atoms with Gasteiger partial charge in [0.2, 0.25) is 0 Å². The van der Waals surface area contributed by atoms with Crippen LogP contribution in [-0.2, 0) is 9.53 Å². The fourth-order valence-electron chi connectivity index (χ4n) is 1.03. The smallest absolute Gasteiger partial charge is 0.328 e. The number of carbonyl (C=O) groups excluding carboxylic acids is 2. The van der Waals surface area contributed by atoms with Gasteiger partial charge in [0.25, 0.3) is 5.91 Å². The van der Waals surface area contributed by atoms with Crippen molar-refractivity contribution in [2.45, 2.75) is 19.4 Å². The quantitative estimate of drug-likeness (QED) is 0.775. The van der Waals surface area contributed by atoms with E-state index < -0.39 is 12.0 Å². The van der Waals surface area contributed by atoms with Gasteiger partial charge in [-0.3, -0.25) is 4.79 Å².